The fourth-order valence-corrected chi connectivity index (χ4v) is 2.00. The molecule has 4 heteroatoms. The van der Waals surface area contributed by atoms with E-state index < -0.39 is 11.6 Å². The highest BCUT2D eigenvalue weighted by Gasteiger charge is 2.16. The first-order chi connectivity index (χ1) is 10.1. The number of pyridine rings is 1. The first-order valence-electron chi connectivity index (χ1n) is 7.17. The van der Waals surface area contributed by atoms with Crippen molar-refractivity contribution < 1.29 is 13.5 Å². The molecule has 0 aliphatic carbocycles. The monoisotopic (exact) mass is 291 g/mol. The Bertz CT molecular complexity index is 596. The highest BCUT2D eigenvalue weighted by molar-refractivity contribution is 5.61. The summed E-state index contributed by atoms with van der Waals surface area (Å²) in [6.45, 7) is 4.36. The zero-order valence-electron chi connectivity index (χ0n) is 12.3. The van der Waals surface area contributed by atoms with Gasteiger partial charge in [-0.05, 0) is 37.1 Å². The second-order valence-corrected chi connectivity index (χ2v) is 5.02. The number of hydrogen-bond acceptors (Lipinski definition) is 2. The fraction of sp³-hybridized carbons (Fsp3) is 0.353. The van der Waals surface area contributed by atoms with Crippen molar-refractivity contribution in [3.8, 4) is 17.0 Å². The van der Waals surface area contributed by atoms with E-state index in [2.05, 4.69) is 11.9 Å². The van der Waals surface area contributed by atoms with Crippen molar-refractivity contribution >= 4 is 0 Å². The van der Waals surface area contributed by atoms with Crippen molar-refractivity contribution in [3.05, 3.63) is 47.7 Å². The van der Waals surface area contributed by atoms with Gasteiger partial charge in [-0.15, -0.1) is 0 Å². The van der Waals surface area contributed by atoms with Crippen LogP contribution in [0, 0.1) is 18.6 Å². The summed E-state index contributed by atoms with van der Waals surface area (Å²) in [6, 6.07) is 6.45. The minimum atomic E-state index is -0.952. The molecule has 1 aromatic heterocycles. The Kier molecular flexibility index (Phi) is 5.26. The summed E-state index contributed by atoms with van der Waals surface area (Å²) in [7, 11) is 0. The van der Waals surface area contributed by atoms with Crippen molar-refractivity contribution in [3.63, 3.8) is 0 Å². The summed E-state index contributed by atoms with van der Waals surface area (Å²) in [6.07, 6.45) is 4.52. The van der Waals surface area contributed by atoms with Crippen molar-refractivity contribution in [2.45, 2.75) is 33.1 Å². The molecule has 2 aromatic rings. The number of aryl methyl sites for hydroxylation is 1. The van der Waals surface area contributed by atoms with Gasteiger partial charge in [0.25, 0.3) is 0 Å². The van der Waals surface area contributed by atoms with Gasteiger partial charge in [-0.3, -0.25) is 4.98 Å². The maximum Gasteiger partial charge on any atom is 0.201 e. The van der Waals surface area contributed by atoms with E-state index in [-0.39, 0.29) is 11.3 Å². The predicted octanol–water partition coefficient (Wildman–Crippen LogP) is 4.90. The molecular weight excluding hydrogens is 272 g/mol. The third-order valence-electron chi connectivity index (χ3n) is 3.24. The lowest BCUT2D eigenvalue weighted by Gasteiger charge is -2.10. The Morgan fingerprint density at radius 2 is 1.86 bits per heavy atom. The van der Waals surface area contributed by atoms with Crippen LogP contribution in [0.3, 0.4) is 0 Å². The normalized spacial score (nSPS) is 10.7. The van der Waals surface area contributed by atoms with Gasteiger partial charge in [0, 0.05) is 11.8 Å². The molecule has 112 valence electrons. The summed E-state index contributed by atoms with van der Waals surface area (Å²) in [5.41, 5.74) is 1.53. The quantitative estimate of drug-likeness (QED) is 0.706. The summed E-state index contributed by atoms with van der Waals surface area (Å²) in [5, 5.41) is 0. The number of halogens is 2. The number of nitrogens with zero attached hydrogens (tertiary/aromatic N) is 1. The molecule has 0 atom stereocenters. The van der Waals surface area contributed by atoms with Crippen LogP contribution in [0.25, 0.3) is 11.3 Å². The molecule has 0 N–H and O–H groups in total. The molecule has 0 amide bonds. The summed E-state index contributed by atoms with van der Waals surface area (Å²) < 4.78 is 33.4. The maximum atomic E-state index is 14.1. The molecule has 0 saturated heterocycles. The van der Waals surface area contributed by atoms with E-state index in [1.54, 1.807) is 12.3 Å². The van der Waals surface area contributed by atoms with Gasteiger partial charge in [-0.2, -0.15) is 4.39 Å². The minimum absolute atomic E-state index is 0.0422. The molecular formula is C17H19F2NO. The molecule has 0 radical (unpaired) electrons. The number of rotatable bonds is 6. The lowest BCUT2D eigenvalue weighted by molar-refractivity contribution is 0.286. The molecule has 0 saturated carbocycles. The second-order valence-electron chi connectivity index (χ2n) is 5.02. The number of benzene rings is 1. The number of hydrogen-bond donors (Lipinski definition) is 0. The number of ether oxygens (including phenoxy) is 1. The smallest absolute Gasteiger partial charge is 0.201 e. The summed E-state index contributed by atoms with van der Waals surface area (Å²) in [4.78, 5) is 4.12. The molecule has 0 aliphatic heterocycles. The van der Waals surface area contributed by atoms with Crippen LogP contribution in [-0.2, 0) is 0 Å². The first-order valence-corrected chi connectivity index (χ1v) is 7.17. The van der Waals surface area contributed by atoms with Crippen LogP contribution in [0.5, 0.6) is 5.75 Å². The van der Waals surface area contributed by atoms with Crippen LogP contribution in [0.1, 0.15) is 31.7 Å². The van der Waals surface area contributed by atoms with E-state index in [9.17, 15) is 8.78 Å². The van der Waals surface area contributed by atoms with Crippen LogP contribution in [0.2, 0.25) is 0 Å². The van der Waals surface area contributed by atoms with Crippen LogP contribution in [0.4, 0.5) is 8.78 Å². The zero-order chi connectivity index (χ0) is 15.2. The van der Waals surface area contributed by atoms with Gasteiger partial charge in [-0.1, -0.05) is 25.8 Å². The Morgan fingerprint density at radius 3 is 2.52 bits per heavy atom. The Morgan fingerprint density at radius 1 is 1.05 bits per heavy atom. The molecule has 0 spiro atoms. The van der Waals surface area contributed by atoms with E-state index in [0.29, 0.717) is 12.3 Å². The third kappa shape index (κ3) is 3.78. The summed E-state index contributed by atoms with van der Waals surface area (Å²) >= 11 is 0. The third-order valence-corrected chi connectivity index (χ3v) is 3.24. The fourth-order valence-electron chi connectivity index (χ4n) is 2.00. The minimum Gasteiger partial charge on any atom is -0.490 e. The molecule has 0 unspecified atom stereocenters. The van der Waals surface area contributed by atoms with Crippen molar-refractivity contribution in [1.82, 2.24) is 4.98 Å². The predicted molar refractivity (Wildman–Crippen MR) is 79.3 cm³/mol. The van der Waals surface area contributed by atoms with Gasteiger partial charge >= 0.3 is 0 Å². The lowest BCUT2D eigenvalue weighted by Crippen LogP contribution is -2.02. The van der Waals surface area contributed by atoms with Crippen LogP contribution < -0.4 is 4.74 Å². The molecule has 2 nitrogen and oxygen atoms in total. The average molecular weight is 291 g/mol. The van der Waals surface area contributed by atoms with Gasteiger partial charge in [0.2, 0.25) is 5.82 Å². The topological polar surface area (TPSA) is 22.1 Å². The SMILES string of the molecule is CCCCCOc1ccc(-c2ccc(C)cn2)c(F)c1F. The Labute approximate surface area is 123 Å². The largest absolute Gasteiger partial charge is 0.490 e. The Hall–Kier alpha value is -1.97. The van der Waals surface area contributed by atoms with E-state index >= 15 is 0 Å². The van der Waals surface area contributed by atoms with Gasteiger partial charge in [0.1, 0.15) is 0 Å². The standard InChI is InChI=1S/C17H19F2NO/c1-3-4-5-10-21-15-9-7-13(16(18)17(15)19)14-8-6-12(2)11-20-14/h6-9,11H,3-5,10H2,1-2H3. The van der Waals surface area contributed by atoms with Crippen molar-refractivity contribution in [2.24, 2.45) is 0 Å². The molecule has 0 bridgehead atoms. The van der Waals surface area contributed by atoms with Gasteiger partial charge in [0.15, 0.2) is 11.6 Å². The highest BCUT2D eigenvalue weighted by atomic mass is 19.2. The van der Waals surface area contributed by atoms with Gasteiger partial charge in [0.05, 0.1) is 12.3 Å². The van der Waals surface area contributed by atoms with Crippen LogP contribution in [-0.4, -0.2) is 11.6 Å². The molecule has 0 fully saturated rings. The van der Waals surface area contributed by atoms with Crippen LogP contribution >= 0.6 is 0 Å². The second kappa shape index (κ2) is 7.16. The van der Waals surface area contributed by atoms with E-state index in [4.69, 9.17) is 4.74 Å². The van der Waals surface area contributed by atoms with E-state index in [1.807, 2.05) is 13.0 Å². The maximum absolute atomic E-state index is 14.1. The lowest BCUT2D eigenvalue weighted by atomic mass is 10.1. The average Bonchev–Trinajstić information content (AvgIpc) is 2.49. The van der Waals surface area contributed by atoms with E-state index in [1.165, 1.54) is 12.1 Å². The van der Waals surface area contributed by atoms with E-state index in [0.717, 1.165) is 24.8 Å². The van der Waals surface area contributed by atoms with Crippen LogP contribution in [0.15, 0.2) is 30.5 Å². The first kappa shape index (κ1) is 15.4. The molecule has 21 heavy (non-hydrogen) atoms. The molecule has 2 rings (SSSR count). The zero-order valence-corrected chi connectivity index (χ0v) is 12.3. The van der Waals surface area contributed by atoms with Crippen molar-refractivity contribution in [2.75, 3.05) is 6.61 Å². The Balaban J connectivity index is 2.19. The highest BCUT2D eigenvalue weighted by Crippen LogP contribution is 2.29. The van der Waals surface area contributed by atoms with Gasteiger partial charge in [-0.25, -0.2) is 4.39 Å². The molecule has 1 aromatic carbocycles. The number of unbranched alkanes of at least 4 members (excludes halogenated alkanes) is 2. The number of aromatic nitrogens is 1. The van der Waals surface area contributed by atoms with Gasteiger partial charge < -0.3 is 4.74 Å². The summed E-state index contributed by atoms with van der Waals surface area (Å²) in [5.74, 6) is -1.91. The van der Waals surface area contributed by atoms with Crippen molar-refractivity contribution in [1.29, 1.82) is 0 Å². The molecule has 1 heterocycles. The molecule has 0 aliphatic rings.